The highest BCUT2D eigenvalue weighted by Gasteiger charge is 2.08. The van der Waals surface area contributed by atoms with E-state index < -0.39 is 12.1 Å². The molecule has 0 aromatic heterocycles. The van der Waals surface area contributed by atoms with Crippen LogP contribution in [0, 0.1) is 0 Å². The third-order valence-electron chi connectivity index (χ3n) is 1.20. The molecule has 1 amide bonds. The average Bonchev–Trinajstić information content (AvgIpc) is 2.05. The second kappa shape index (κ2) is 4.89. The Labute approximate surface area is 74.4 Å². The summed E-state index contributed by atoms with van der Waals surface area (Å²) in [5.74, 6) is -0.733. The van der Waals surface area contributed by atoms with E-state index >= 15 is 0 Å². The zero-order chi connectivity index (χ0) is 8.97. The summed E-state index contributed by atoms with van der Waals surface area (Å²) in [4.78, 5) is 21.1. The van der Waals surface area contributed by atoms with Crippen LogP contribution in [0.25, 0.3) is 0 Å². The SMILES string of the molecule is NC(=O)OC(=O)c1ccccc1.O. The summed E-state index contributed by atoms with van der Waals surface area (Å²) in [5.41, 5.74) is 4.95. The highest BCUT2D eigenvalue weighted by molar-refractivity contribution is 5.95. The van der Waals surface area contributed by atoms with Gasteiger partial charge in [-0.15, -0.1) is 0 Å². The van der Waals surface area contributed by atoms with Gasteiger partial charge in [-0.1, -0.05) is 18.2 Å². The Kier molecular flexibility index (Phi) is 4.18. The third-order valence-corrected chi connectivity index (χ3v) is 1.20. The first-order valence-electron chi connectivity index (χ1n) is 3.27. The predicted octanol–water partition coefficient (Wildman–Crippen LogP) is 0.0974. The Balaban J connectivity index is 0.00000144. The molecular weight excluding hydrogens is 174 g/mol. The predicted molar refractivity (Wildman–Crippen MR) is 45.1 cm³/mol. The number of benzene rings is 1. The molecule has 1 aromatic rings. The molecule has 0 saturated heterocycles. The van der Waals surface area contributed by atoms with Crippen LogP contribution in [0.15, 0.2) is 30.3 Å². The smallest absolute Gasteiger partial charge is 0.412 e. The lowest BCUT2D eigenvalue weighted by Crippen LogP contribution is -2.18. The molecule has 0 aliphatic carbocycles. The Morgan fingerprint density at radius 3 is 2.15 bits per heavy atom. The van der Waals surface area contributed by atoms with Gasteiger partial charge in [-0.05, 0) is 12.1 Å². The van der Waals surface area contributed by atoms with Crippen molar-refractivity contribution in [2.75, 3.05) is 0 Å². The molecule has 0 bridgehead atoms. The lowest BCUT2D eigenvalue weighted by atomic mass is 10.2. The molecule has 1 aromatic carbocycles. The van der Waals surface area contributed by atoms with Crippen molar-refractivity contribution in [3.63, 3.8) is 0 Å². The summed E-state index contributed by atoms with van der Waals surface area (Å²) in [7, 11) is 0. The molecule has 0 atom stereocenters. The van der Waals surface area contributed by atoms with Gasteiger partial charge in [-0.25, -0.2) is 9.59 Å². The zero-order valence-corrected chi connectivity index (χ0v) is 6.69. The van der Waals surface area contributed by atoms with Crippen molar-refractivity contribution in [1.82, 2.24) is 0 Å². The number of nitrogens with two attached hydrogens (primary N) is 1. The minimum atomic E-state index is -1.09. The van der Waals surface area contributed by atoms with Crippen molar-refractivity contribution in [3.8, 4) is 0 Å². The highest BCUT2D eigenvalue weighted by atomic mass is 16.6. The van der Waals surface area contributed by atoms with Gasteiger partial charge in [0.1, 0.15) is 0 Å². The fraction of sp³-hybridized carbons (Fsp3) is 0. The van der Waals surface area contributed by atoms with Crippen molar-refractivity contribution >= 4 is 12.1 Å². The highest BCUT2D eigenvalue weighted by Crippen LogP contribution is 2.00. The van der Waals surface area contributed by atoms with Crippen LogP contribution >= 0.6 is 0 Å². The summed E-state index contributed by atoms with van der Waals surface area (Å²) in [6, 6.07) is 8.15. The van der Waals surface area contributed by atoms with Crippen LogP contribution in [0.3, 0.4) is 0 Å². The summed E-state index contributed by atoms with van der Waals surface area (Å²) in [6.07, 6.45) is -1.09. The molecule has 1 rings (SSSR count). The second-order valence-electron chi connectivity index (χ2n) is 2.07. The van der Waals surface area contributed by atoms with Gasteiger partial charge in [0.05, 0.1) is 5.56 Å². The minimum absolute atomic E-state index is 0. The van der Waals surface area contributed by atoms with E-state index in [-0.39, 0.29) is 5.48 Å². The van der Waals surface area contributed by atoms with Gasteiger partial charge in [-0.3, -0.25) is 0 Å². The molecule has 0 saturated carbocycles. The number of rotatable bonds is 1. The first kappa shape index (κ1) is 11.1. The van der Waals surface area contributed by atoms with Crippen LogP contribution in [-0.2, 0) is 4.74 Å². The normalized spacial score (nSPS) is 8.31. The topological polar surface area (TPSA) is 101 Å². The summed E-state index contributed by atoms with van der Waals surface area (Å²) in [5, 5.41) is 0. The van der Waals surface area contributed by atoms with E-state index in [9.17, 15) is 9.59 Å². The van der Waals surface area contributed by atoms with Gasteiger partial charge in [0.25, 0.3) is 0 Å². The van der Waals surface area contributed by atoms with Crippen LogP contribution < -0.4 is 5.73 Å². The molecule has 4 N–H and O–H groups in total. The first-order chi connectivity index (χ1) is 5.70. The average molecular weight is 183 g/mol. The van der Waals surface area contributed by atoms with Crippen molar-refractivity contribution in [2.24, 2.45) is 5.73 Å². The minimum Gasteiger partial charge on any atom is -0.412 e. The first-order valence-corrected chi connectivity index (χ1v) is 3.27. The van der Waals surface area contributed by atoms with Gasteiger partial charge in [0.2, 0.25) is 0 Å². The number of primary amides is 1. The van der Waals surface area contributed by atoms with E-state index in [4.69, 9.17) is 0 Å². The Morgan fingerprint density at radius 1 is 1.15 bits per heavy atom. The summed E-state index contributed by atoms with van der Waals surface area (Å²) in [6.45, 7) is 0. The summed E-state index contributed by atoms with van der Waals surface area (Å²) < 4.78 is 4.14. The number of hydrogen-bond donors (Lipinski definition) is 1. The Morgan fingerprint density at radius 2 is 1.69 bits per heavy atom. The number of hydrogen-bond acceptors (Lipinski definition) is 3. The molecule has 0 unspecified atom stereocenters. The quantitative estimate of drug-likeness (QED) is 0.493. The molecule has 0 aliphatic rings. The Hall–Kier alpha value is -1.88. The molecule has 13 heavy (non-hydrogen) atoms. The molecule has 0 radical (unpaired) electrons. The van der Waals surface area contributed by atoms with Gasteiger partial charge in [-0.2, -0.15) is 0 Å². The molecule has 70 valence electrons. The van der Waals surface area contributed by atoms with Crippen LogP contribution in [0.2, 0.25) is 0 Å². The molecule has 0 spiro atoms. The van der Waals surface area contributed by atoms with Crippen LogP contribution in [-0.4, -0.2) is 17.5 Å². The Bertz CT molecular complexity index is 296. The van der Waals surface area contributed by atoms with E-state index in [1.54, 1.807) is 18.2 Å². The molecule has 5 nitrogen and oxygen atoms in total. The molecule has 5 heteroatoms. The lowest BCUT2D eigenvalue weighted by molar-refractivity contribution is 0.0638. The molecule has 0 heterocycles. The monoisotopic (exact) mass is 183 g/mol. The second-order valence-corrected chi connectivity index (χ2v) is 2.07. The number of esters is 1. The maximum absolute atomic E-state index is 10.9. The fourth-order valence-electron chi connectivity index (χ4n) is 0.725. The van der Waals surface area contributed by atoms with E-state index in [0.29, 0.717) is 5.56 Å². The van der Waals surface area contributed by atoms with Crippen LogP contribution in [0.1, 0.15) is 10.4 Å². The number of carbonyl (C=O) groups excluding carboxylic acids is 2. The van der Waals surface area contributed by atoms with Crippen LogP contribution in [0.4, 0.5) is 4.79 Å². The van der Waals surface area contributed by atoms with E-state index in [1.807, 2.05) is 0 Å². The van der Waals surface area contributed by atoms with Crippen molar-refractivity contribution in [1.29, 1.82) is 0 Å². The third kappa shape index (κ3) is 3.35. The van der Waals surface area contributed by atoms with E-state index in [2.05, 4.69) is 10.5 Å². The lowest BCUT2D eigenvalue weighted by Gasteiger charge is -1.97. The van der Waals surface area contributed by atoms with E-state index in [0.717, 1.165) is 0 Å². The maximum atomic E-state index is 10.9. The van der Waals surface area contributed by atoms with Gasteiger partial charge in [0, 0.05) is 0 Å². The van der Waals surface area contributed by atoms with Gasteiger partial charge < -0.3 is 15.9 Å². The summed E-state index contributed by atoms with van der Waals surface area (Å²) >= 11 is 0. The zero-order valence-electron chi connectivity index (χ0n) is 6.69. The van der Waals surface area contributed by atoms with Crippen molar-refractivity contribution in [3.05, 3.63) is 35.9 Å². The van der Waals surface area contributed by atoms with Crippen LogP contribution in [0.5, 0.6) is 0 Å². The number of ether oxygens (including phenoxy) is 1. The fourth-order valence-corrected chi connectivity index (χ4v) is 0.725. The largest absolute Gasteiger partial charge is 0.412 e. The van der Waals surface area contributed by atoms with Crippen molar-refractivity contribution < 1.29 is 19.8 Å². The molecular formula is C8H9NO4. The number of amides is 1. The standard InChI is InChI=1S/C8H7NO3.H2O/c9-8(11)12-7(10)6-4-2-1-3-5-6;/h1-5H,(H2,9,11);1H2. The molecule has 0 aliphatic heterocycles. The number of carbonyl (C=O) groups is 2. The van der Waals surface area contributed by atoms with Crippen molar-refractivity contribution in [2.45, 2.75) is 0 Å². The maximum Gasteiger partial charge on any atom is 0.412 e. The molecule has 0 fully saturated rings. The van der Waals surface area contributed by atoms with E-state index in [1.165, 1.54) is 12.1 Å². The van der Waals surface area contributed by atoms with Gasteiger partial charge in [0.15, 0.2) is 0 Å². The van der Waals surface area contributed by atoms with Gasteiger partial charge >= 0.3 is 12.1 Å².